The van der Waals surface area contributed by atoms with Gasteiger partial charge in [0.05, 0.1) is 5.56 Å². The smallest absolute Gasteiger partial charge is 0.335 e. The molecule has 1 aromatic heterocycles. The minimum atomic E-state index is -0.902. The van der Waals surface area contributed by atoms with E-state index in [1.807, 2.05) is 35.3 Å². The van der Waals surface area contributed by atoms with Crippen LogP contribution in [0, 0.1) is 0 Å². The number of carboxylic acid groups (broad SMARTS) is 1. The van der Waals surface area contributed by atoms with Crippen LogP contribution < -0.4 is 0 Å². The first-order valence-electron chi connectivity index (χ1n) is 11.3. The van der Waals surface area contributed by atoms with Crippen LogP contribution in [-0.4, -0.2) is 20.9 Å². The lowest BCUT2D eigenvalue weighted by atomic mass is 9.62. The van der Waals surface area contributed by atoms with Crippen molar-refractivity contribution in [2.75, 3.05) is 0 Å². The van der Waals surface area contributed by atoms with Gasteiger partial charge in [-0.15, -0.1) is 0 Å². The van der Waals surface area contributed by atoms with Gasteiger partial charge < -0.3 is 5.11 Å². The van der Waals surface area contributed by atoms with E-state index in [1.54, 1.807) is 12.1 Å². The van der Waals surface area contributed by atoms with Crippen LogP contribution in [-0.2, 0) is 23.8 Å². The van der Waals surface area contributed by atoms with Crippen molar-refractivity contribution >= 4 is 18.1 Å². The van der Waals surface area contributed by atoms with Crippen LogP contribution in [0.4, 0.5) is 0 Å². The number of hydrogen-bond donors (Lipinski definition) is 1. The number of aryl methyl sites for hydroxylation is 2. The van der Waals surface area contributed by atoms with Crippen LogP contribution in [0.25, 0.3) is 12.2 Å². The van der Waals surface area contributed by atoms with Crippen LogP contribution in [0.1, 0.15) is 78.7 Å². The number of benzene rings is 2. The van der Waals surface area contributed by atoms with E-state index in [0.717, 1.165) is 18.5 Å². The lowest BCUT2D eigenvalue weighted by Crippen LogP contribution is -2.34. The molecule has 0 atom stereocenters. The number of carboxylic acids is 1. The highest BCUT2D eigenvalue weighted by Crippen LogP contribution is 2.46. The van der Waals surface area contributed by atoms with Gasteiger partial charge in [-0.3, -0.25) is 4.68 Å². The number of fused-ring (bicyclic) bond motifs is 1. The van der Waals surface area contributed by atoms with Crippen molar-refractivity contribution in [1.29, 1.82) is 0 Å². The van der Waals surface area contributed by atoms with E-state index in [2.05, 4.69) is 57.1 Å². The summed E-state index contributed by atoms with van der Waals surface area (Å²) in [7, 11) is 0. The Bertz CT molecular complexity index is 1140. The fourth-order valence-corrected chi connectivity index (χ4v) is 4.64. The molecule has 3 aromatic rings. The van der Waals surface area contributed by atoms with Gasteiger partial charge >= 0.3 is 5.97 Å². The number of nitrogens with zero attached hydrogens (tertiary/aromatic N) is 2. The fraction of sp³-hybridized carbons (Fsp3) is 0.357. The molecule has 0 amide bonds. The van der Waals surface area contributed by atoms with Crippen molar-refractivity contribution in [3.05, 3.63) is 88.2 Å². The minimum absolute atomic E-state index is 0.150. The van der Waals surface area contributed by atoms with E-state index in [1.165, 1.54) is 35.1 Å². The Kier molecular flexibility index (Phi) is 5.81. The van der Waals surface area contributed by atoms with Crippen molar-refractivity contribution in [2.24, 2.45) is 0 Å². The highest BCUT2D eigenvalue weighted by Gasteiger charge is 2.37. The van der Waals surface area contributed by atoms with E-state index in [-0.39, 0.29) is 10.8 Å². The van der Waals surface area contributed by atoms with Gasteiger partial charge in [-0.25, -0.2) is 4.79 Å². The quantitative estimate of drug-likeness (QED) is 0.466. The van der Waals surface area contributed by atoms with Gasteiger partial charge in [0.2, 0.25) is 0 Å². The van der Waals surface area contributed by atoms with Crippen LogP contribution in [0.15, 0.2) is 54.9 Å². The van der Waals surface area contributed by atoms with Gasteiger partial charge in [-0.1, -0.05) is 64.1 Å². The van der Waals surface area contributed by atoms with Gasteiger partial charge in [0, 0.05) is 18.9 Å². The second-order valence-electron chi connectivity index (χ2n) is 10.1. The van der Waals surface area contributed by atoms with Crippen LogP contribution in [0.2, 0.25) is 0 Å². The van der Waals surface area contributed by atoms with E-state index in [4.69, 9.17) is 5.11 Å². The topological polar surface area (TPSA) is 55.1 Å². The molecule has 166 valence electrons. The number of rotatable bonds is 6. The van der Waals surface area contributed by atoms with Gasteiger partial charge in [-0.2, -0.15) is 5.10 Å². The van der Waals surface area contributed by atoms with Crippen LogP contribution in [0.3, 0.4) is 0 Å². The number of hydrogen-bond acceptors (Lipinski definition) is 2. The normalized spacial score (nSPS) is 16.8. The first-order chi connectivity index (χ1) is 15.2. The Labute approximate surface area is 190 Å². The number of aromatic carboxylic acids is 1. The summed E-state index contributed by atoms with van der Waals surface area (Å²) in [6.45, 7) is 10.3. The Morgan fingerprint density at radius 3 is 2.28 bits per heavy atom. The standard InChI is InChI=1S/C28H32N2O2/c1-27(2)13-14-28(3,4)25-19-23(12-17-30-16-5-15-29-30)22(18-24(25)27)11-8-20-6-9-21(10-7-20)26(31)32/h5-11,15-16,18-19H,12-14,17H2,1-4H3,(H,31,32)/b11-8+. The molecular weight excluding hydrogens is 396 g/mol. The molecule has 4 rings (SSSR count). The minimum Gasteiger partial charge on any atom is -0.478 e. The van der Waals surface area contributed by atoms with E-state index in [0.29, 0.717) is 5.56 Å². The SMILES string of the molecule is CC1(C)CCC(C)(C)c2cc(CCn3cccn3)c(/C=C/c3ccc(C(=O)O)cc3)cc21. The number of aromatic nitrogens is 2. The fourth-order valence-electron chi connectivity index (χ4n) is 4.64. The van der Waals surface area contributed by atoms with Crippen LogP contribution in [0.5, 0.6) is 0 Å². The van der Waals surface area contributed by atoms with Crippen molar-refractivity contribution in [3.63, 3.8) is 0 Å². The highest BCUT2D eigenvalue weighted by atomic mass is 16.4. The third kappa shape index (κ3) is 4.55. The lowest BCUT2D eigenvalue weighted by Gasteiger charge is -2.42. The summed E-state index contributed by atoms with van der Waals surface area (Å²) < 4.78 is 1.98. The molecule has 0 aliphatic heterocycles. The maximum atomic E-state index is 11.1. The molecule has 0 radical (unpaired) electrons. The summed E-state index contributed by atoms with van der Waals surface area (Å²) in [5, 5.41) is 13.5. The summed E-state index contributed by atoms with van der Waals surface area (Å²) in [6, 6.07) is 13.8. The monoisotopic (exact) mass is 428 g/mol. The second kappa shape index (κ2) is 8.42. The molecule has 1 heterocycles. The molecule has 0 spiro atoms. The average molecular weight is 429 g/mol. The molecular formula is C28H32N2O2. The van der Waals surface area contributed by atoms with Crippen molar-refractivity contribution in [2.45, 2.75) is 64.3 Å². The zero-order valence-corrected chi connectivity index (χ0v) is 19.4. The Morgan fingerprint density at radius 1 is 1.03 bits per heavy atom. The van der Waals surface area contributed by atoms with Crippen molar-refractivity contribution in [3.8, 4) is 0 Å². The van der Waals surface area contributed by atoms with Gasteiger partial charge in [-0.05, 0) is 76.1 Å². The third-order valence-corrected chi connectivity index (χ3v) is 6.90. The summed E-state index contributed by atoms with van der Waals surface area (Å²) >= 11 is 0. The van der Waals surface area contributed by atoms with Gasteiger partial charge in [0.25, 0.3) is 0 Å². The predicted molar refractivity (Wildman–Crippen MR) is 130 cm³/mol. The summed E-state index contributed by atoms with van der Waals surface area (Å²) in [5.74, 6) is -0.902. The molecule has 0 unspecified atom stereocenters. The van der Waals surface area contributed by atoms with Gasteiger partial charge in [0.1, 0.15) is 0 Å². The molecule has 32 heavy (non-hydrogen) atoms. The number of carbonyl (C=O) groups is 1. The molecule has 0 saturated heterocycles. The molecule has 4 nitrogen and oxygen atoms in total. The van der Waals surface area contributed by atoms with E-state index < -0.39 is 5.97 Å². The Morgan fingerprint density at radius 2 is 1.69 bits per heavy atom. The lowest BCUT2D eigenvalue weighted by molar-refractivity contribution is 0.0697. The predicted octanol–water partition coefficient (Wildman–Crippen LogP) is 6.34. The molecule has 2 aromatic carbocycles. The third-order valence-electron chi connectivity index (χ3n) is 6.90. The highest BCUT2D eigenvalue weighted by molar-refractivity contribution is 5.88. The molecule has 1 aliphatic rings. The van der Waals surface area contributed by atoms with E-state index >= 15 is 0 Å². The molecule has 0 bridgehead atoms. The molecule has 0 saturated carbocycles. The van der Waals surface area contributed by atoms with Crippen molar-refractivity contribution < 1.29 is 9.90 Å². The molecule has 0 fully saturated rings. The largest absolute Gasteiger partial charge is 0.478 e. The van der Waals surface area contributed by atoms with Crippen molar-refractivity contribution in [1.82, 2.24) is 9.78 Å². The first-order valence-corrected chi connectivity index (χ1v) is 11.3. The second-order valence-corrected chi connectivity index (χ2v) is 10.1. The maximum Gasteiger partial charge on any atom is 0.335 e. The first kappa shape index (κ1) is 22.1. The summed E-state index contributed by atoms with van der Waals surface area (Å²) in [4.78, 5) is 11.1. The molecule has 1 aliphatic carbocycles. The zero-order valence-electron chi connectivity index (χ0n) is 19.4. The van der Waals surface area contributed by atoms with E-state index in [9.17, 15) is 4.79 Å². The molecule has 4 heteroatoms. The maximum absolute atomic E-state index is 11.1. The van der Waals surface area contributed by atoms with Crippen LogP contribution >= 0.6 is 0 Å². The summed E-state index contributed by atoms with van der Waals surface area (Å²) in [5.41, 5.74) is 7.07. The molecule has 1 N–H and O–H groups in total. The zero-order chi connectivity index (χ0) is 22.9. The summed E-state index contributed by atoms with van der Waals surface area (Å²) in [6.07, 6.45) is 11.3. The Hall–Kier alpha value is -3.14. The van der Waals surface area contributed by atoms with Gasteiger partial charge in [0.15, 0.2) is 0 Å². The average Bonchev–Trinajstić information content (AvgIpc) is 3.28. The Balaban J connectivity index is 1.73.